The molecule has 0 spiro atoms. The SMILES string of the molecule is CC1CCCc2cccc(F)c21.CCCc1ccc(-c2c(F)cccc2F)cn1. The van der Waals surface area contributed by atoms with Crippen LogP contribution in [0.5, 0.6) is 0 Å². The van der Waals surface area contributed by atoms with Gasteiger partial charge in [-0.15, -0.1) is 0 Å². The Morgan fingerprint density at radius 1 is 0.931 bits per heavy atom. The Morgan fingerprint density at radius 3 is 2.24 bits per heavy atom. The van der Waals surface area contributed by atoms with Gasteiger partial charge in [-0.25, -0.2) is 13.2 Å². The van der Waals surface area contributed by atoms with E-state index in [-0.39, 0.29) is 11.4 Å². The number of hydrogen-bond donors (Lipinski definition) is 0. The summed E-state index contributed by atoms with van der Waals surface area (Å²) in [6.07, 6.45) is 6.79. The molecule has 1 atom stereocenters. The second-order valence-corrected chi connectivity index (χ2v) is 7.49. The van der Waals surface area contributed by atoms with Crippen molar-refractivity contribution in [3.63, 3.8) is 0 Å². The lowest BCUT2D eigenvalue weighted by molar-refractivity contribution is 0.531. The summed E-state index contributed by atoms with van der Waals surface area (Å²) < 4.78 is 40.4. The zero-order valence-electron chi connectivity index (χ0n) is 16.9. The lowest BCUT2D eigenvalue weighted by Gasteiger charge is -2.22. The molecule has 0 saturated heterocycles. The molecule has 0 N–H and O–H groups in total. The van der Waals surface area contributed by atoms with Gasteiger partial charge in [0.05, 0.1) is 5.56 Å². The van der Waals surface area contributed by atoms with E-state index >= 15 is 0 Å². The average molecular weight is 397 g/mol. The van der Waals surface area contributed by atoms with Crippen LogP contribution < -0.4 is 0 Å². The molecule has 1 nitrogen and oxygen atoms in total. The first-order chi connectivity index (χ1) is 14.0. The number of fused-ring (bicyclic) bond motifs is 1. The van der Waals surface area contributed by atoms with Crippen molar-refractivity contribution in [1.29, 1.82) is 0 Å². The summed E-state index contributed by atoms with van der Waals surface area (Å²) in [4.78, 5) is 4.19. The summed E-state index contributed by atoms with van der Waals surface area (Å²) in [7, 11) is 0. The molecule has 0 amide bonds. The second-order valence-electron chi connectivity index (χ2n) is 7.49. The molecule has 0 saturated carbocycles. The molecule has 2 aromatic carbocycles. The van der Waals surface area contributed by atoms with Crippen LogP contribution in [0.2, 0.25) is 0 Å². The smallest absolute Gasteiger partial charge is 0.134 e. The highest BCUT2D eigenvalue weighted by atomic mass is 19.1. The lowest BCUT2D eigenvalue weighted by Crippen LogP contribution is -2.08. The molecule has 4 heteroatoms. The van der Waals surface area contributed by atoms with Gasteiger partial charge in [0.25, 0.3) is 0 Å². The molecule has 1 aromatic heterocycles. The highest BCUT2D eigenvalue weighted by molar-refractivity contribution is 5.63. The van der Waals surface area contributed by atoms with Crippen LogP contribution in [0.3, 0.4) is 0 Å². The van der Waals surface area contributed by atoms with Gasteiger partial charge in [0.1, 0.15) is 17.5 Å². The molecule has 1 aliphatic carbocycles. The molecule has 0 radical (unpaired) electrons. The highest BCUT2D eigenvalue weighted by Crippen LogP contribution is 2.32. The van der Waals surface area contributed by atoms with E-state index in [0.29, 0.717) is 11.5 Å². The summed E-state index contributed by atoms with van der Waals surface area (Å²) in [5, 5.41) is 0. The Balaban J connectivity index is 0.000000176. The number of aromatic nitrogens is 1. The fourth-order valence-corrected chi connectivity index (χ4v) is 3.84. The molecule has 0 bridgehead atoms. The first-order valence-corrected chi connectivity index (χ1v) is 10.2. The maximum atomic E-state index is 13.5. The molecular weight excluding hydrogens is 371 g/mol. The minimum atomic E-state index is -0.560. The van der Waals surface area contributed by atoms with Crippen molar-refractivity contribution in [3.05, 3.63) is 89.0 Å². The van der Waals surface area contributed by atoms with Crippen LogP contribution in [0.25, 0.3) is 11.1 Å². The van der Waals surface area contributed by atoms with Crippen LogP contribution in [0.1, 0.15) is 55.8 Å². The first-order valence-electron chi connectivity index (χ1n) is 10.2. The number of rotatable bonds is 3. The van der Waals surface area contributed by atoms with Gasteiger partial charge < -0.3 is 0 Å². The normalized spacial score (nSPS) is 15.3. The van der Waals surface area contributed by atoms with Gasteiger partial charge in [0, 0.05) is 17.5 Å². The number of halogens is 3. The van der Waals surface area contributed by atoms with E-state index in [0.717, 1.165) is 36.9 Å². The van der Waals surface area contributed by atoms with Gasteiger partial charge in [0.2, 0.25) is 0 Å². The van der Waals surface area contributed by atoms with Gasteiger partial charge in [-0.1, -0.05) is 44.5 Å². The fourth-order valence-electron chi connectivity index (χ4n) is 3.84. The Labute approximate surface area is 170 Å². The van der Waals surface area contributed by atoms with E-state index in [4.69, 9.17) is 0 Å². The van der Waals surface area contributed by atoms with Crippen LogP contribution in [-0.2, 0) is 12.8 Å². The lowest BCUT2D eigenvalue weighted by atomic mass is 9.84. The summed E-state index contributed by atoms with van der Waals surface area (Å²) >= 11 is 0. The van der Waals surface area contributed by atoms with Crippen LogP contribution >= 0.6 is 0 Å². The molecule has 1 aliphatic rings. The Bertz CT molecular complexity index is 931. The number of hydrogen-bond acceptors (Lipinski definition) is 1. The highest BCUT2D eigenvalue weighted by Gasteiger charge is 2.19. The predicted molar refractivity (Wildman–Crippen MR) is 111 cm³/mol. The molecule has 152 valence electrons. The topological polar surface area (TPSA) is 12.9 Å². The van der Waals surface area contributed by atoms with Gasteiger partial charge in [0.15, 0.2) is 0 Å². The third-order valence-electron chi connectivity index (χ3n) is 5.30. The van der Waals surface area contributed by atoms with Crippen LogP contribution in [0.15, 0.2) is 54.7 Å². The number of pyridine rings is 1. The van der Waals surface area contributed by atoms with Crippen LogP contribution in [-0.4, -0.2) is 4.98 Å². The largest absolute Gasteiger partial charge is 0.261 e. The van der Waals surface area contributed by atoms with Gasteiger partial charge in [-0.05, 0) is 67.0 Å². The molecular formula is C25H26F3N. The van der Waals surface area contributed by atoms with Gasteiger partial charge in [-0.2, -0.15) is 0 Å². The Hall–Kier alpha value is -2.62. The predicted octanol–water partition coefficient (Wildman–Crippen LogP) is 7.24. The zero-order chi connectivity index (χ0) is 20.8. The molecule has 0 fully saturated rings. The van der Waals surface area contributed by atoms with Crippen LogP contribution in [0, 0.1) is 17.5 Å². The second kappa shape index (κ2) is 9.73. The van der Waals surface area contributed by atoms with E-state index in [1.807, 2.05) is 18.2 Å². The monoisotopic (exact) mass is 397 g/mol. The quantitative estimate of drug-likeness (QED) is 0.454. The summed E-state index contributed by atoms with van der Waals surface area (Å²) in [5.41, 5.74) is 3.58. The van der Waals surface area contributed by atoms with Crippen molar-refractivity contribution >= 4 is 0 Å². The molecule has 0 aliphatic heterocycles. The standard InChI is InChI=1S/C14H13F2N.C11H13F/c1-2-4-11-8-7-10(9-17-11)14-12(15)5-3-6-13(14)16;1-8-4-2-5-9-6-3-7-10(12)11(8)9/h3,5-9H,2,4H2,1H3;3,6-8H,2,4-5H2,1H3. The maximum Gasteiger partial charge on any atom is 0.134 e. The van der Waals surface area contributed by atoms with Crippen molar-refractivity contribution in [3.8, 4) is 11.1 Å². The van der Waals surface area contributed by atoms with Crippen molar-refractivity contribution in [2.45, 2.75) is 51.9 Å². The van der Waals surface area contributed by atoms with Crippen molar-refractivity contribution in [2.24, 2.45) is 0 Å². The molecule has 1 unspecified atom stereocenters. The minimum Gasteiger partial charge on any atom is -0.261 e. The Kier molecular flexibility index (Phi) is 7.08. The first kappa shape index (κ1) is 21.1. The van der Waals surface area contributed by atoms with Crippen molar-refractivity contribution < 1.29 is 13.2 Å². The van der Waals surface area contributed by atoms with E-state index in [2.05, 4.69) is 18.8 Å². The molecule has 4 rings (SSSR count). The van der Waals surface area contributed by atoms with E-state index < -0.39 is 11.6 Å². The van der Waals surface area contributed by atoms with E-state index in [9.17, 15) is 13.2 Å². The third kappa shape index (κ3) is 5.06. The maximum absolute atomic E-state index is 13.5. The minimum absolute atomic E-state index is 0.0111. The van der Waals surface area contributed by atoms with Gasteiger partial charge >= 0.3 is 0 Å². The summed E-state index contributed by atoms with van der Waals surface area (Å²) in [6, 6.07) is 12.8. The van der Waals surface area contributed by atoms with E-state index in [1.165, 1.54) is 36.4 Å². The van der Waals surface area contributed by atoms with E-state index in [1.54, 1.807) is 12.1 Å². The molecule has 3 aromatic rings. The zero-order valence-corrected chi connectivity index (χ0v) is 16.9. The van der Waals surface area contributed by atoms with Gasteiger partial charge in [-0.3, -0.25) is 4.98 Å². The molecule has 29 heavy (non-hydrogen) atoms. The number of nitrogens with zero attached hydrogens (tertiary/aromatic N) is 1. The number of benzene rings is 2. The van der Waals surface area contributed by atoms with Crippen LogP contribution in [0.4, 0.5) is 13.2 Å². The summed E-state index contributed by atoms with van der Waals surface area (Å²) in [5.74, 6) is -0.722. The average Bonchev–Trinajstić information content (AvgIpc) is 2.70. The van der Waals surface area contributed by atoms with Crippen molar-refractivity contribution in [2.75, 3.05) is 0 Å². The molecule has 1 heterocycles. The fraction of sp³-hybridized carbons (Fsp3) is 0.320. The number of aryl methyl sites for hydroxylation is 2. The summed E-state index contributed by atoms with van der Waals surface area (Å²) in [6.45, 7) is 4.17. The van der Waals surface area contributed by atoms with Crippen molar-refractivity contribution in [1.82, 2.24) is 4.98 Å². The Morgan fingerprint density at radius 2 is 1.62 bits per heavy atom. The third-order valence-corrected chi connectivity index (χ3v) is 5.30.